The van der Waals surface area contributed by atoms with Gasteiger partial charge in [0.1, 0.15) is 6.10 Å². The Morgan fingerprint density at radius 2 is 1.67 bits per heavy atom. The zero-order valence-electron chi connectivity index (χ0n) is 12.5. The molecule has 1 fully saturated rings. The first-order valence-corrected chi connectivity index (χ1v) is 9.54. The van der Waals surface area contributed by atoms with Crippen LogP contribution in [0.5, 0.6) is 0 Å². The summed E-state index contributed by atoms with van der Waals surface area (Å²) in [6.45, 7) is 3.21. The average molecular weight is 395 g/mol. The Bertz CT molecular complexity index is 679. The van der Waals surface area contributed by atoms with E-state index in [1.54, 1.807) is 0 Å². The smallest absolute Gasteiger partial charge is 0.459 e. The van der Waals surface area contributed by atoms with Gasteiger partial charge in [-0.1, -0.05) is 11.0 Å². The highest BCUT2D eigenvalue weighted by molar-refractivity contribution is 7.91. The minimum Gasteiger partial charge on any atom is -0.459 e. The topological polar surface area (TPSA) is 107 Å². The third-order valence-corrected chi connectivity index (χ3v) is 6.52. The van der Waals surface area contributed by atoms with Crippen molar-refractivity contribution in [2.24, 2.45) is 0 Å². The molecule has 1 saturated carbocycles. The van der Waals surface area contributed by atoms with Gasteiger partial charge in [0.15, 0.2) is 0 Å². The number of esters is 1. The number of hydrogen-bond acceptors (Lipinski definition) is 7. The molecule has 0 radical (unpaired) electrons. The van der Waals surface area contributed by atoms with Crippen LogP contribution in [-0.4, -0.2) is 51.2 Å². The number of nitrogens with zero attached hydrogens (tertiary/aromatic N) is 1. The van der Waals surface area contributed by atoms with Crippen LogP contribution in [0.1, 0.15) is 25.7 Å². The van der Waals surface area contributed by atoms with Gasteiger partial charge in [-0.25, -0.2) is 13.2 Å². The Morgan fingerprint density at radius 3 is 2.08 bits per heavy atom. The van der Waals surface area contributed by atoms with Crippen molar-refractivity contribution in [1.29, 1.82) is 0 Å². The van der Waals surface area contributed by atoms with Crippen molar-refractivity contribution in [3.8, 4) is 0 Å². The van der Waals surface area contributed by atoms with Crippen molar-refractivity contribution >= 4 is 26.1 Å². The van der Waals surface area contributed by atoms with Crippen molar-refractivity contribution in [3.63, 3.8) is 0 Å². The van der Waals surface area contributed by atoms with E-state index >= 15 is 0 Å². The molecule has 1 rings (SSSR count). The van der Waals surface area contributed by atoms with Crippen LogP contribution in [0, 0.1) is 0 Å². The molecule has 140 valence electrons. The molecule has 0 atom stereocenters. The molecule has 24 heavy (non-hydrogen) atoms. The van der Waals surface area contributed by atoms with Crippen LogP contribution in [0.4, 0.5) is 13.2 Å². The minimum atomic E-state index is -6.08. The molecule has 0 heterocycles. The Labute approximate surface area is 137 Å². The van der Waals surface area contributed by atoms with E-state index in [-0.39, 0.29) is 30.2 Å². The largest absolute Gasteiger partial charge is 0.524 e. The number of rotatable bonds is 6. The third-order valence-electron chi connectivity index (χ3n) is 3.34. The minimum absolute atomic E-state index is 0.0306. The number of hydroxylamine groups is 1. The molecular weight excluding hydrogens is 379 g/mol. The number of carbonyl (C=O) groups excluding carboxylic acids is 1. The van der Waals surface area contributed by atoms with Crippen molar-refractivity contribution in [3.05, 3.63) is 12.7 Å². The van der Waals surface area contributed by atoms with E-state index in [0.717, 1.165) is 6.08 Å². The maximum atomic E-state index is 12.2. The summed E-state index contributed by atoms with van der Waals surface area (Å²) in [5.41, 5.74) is -5.74. The van der Waals surface area contributed by atoms with Gasteiger partial charge in [0.25, 0.3) is 0 Å². The monoisotopic (exact) mass is 395 g/mol. The molecule has 0 amide bonds. The zero-order valence-corrected chi connectivity index (χ0v) is 14.2. The average Bonchev–Trinajstić information content (AvgIpc) is 2.46. The van der Waals surface area contributed by atoms with E-state index in [4.69, 9.17) is 4.74 Å². The summed E-state index contributed by atoms with van der Waals surface area (Å²) in [6.07, 6.45) is 0.667. The normalized spacial score (nSPS) is 23.0. The molecule has 0 bridgehead atoms. The van der Waals surface area contributed by atoms with Crippen molar-refractivity contribution in [2.45, 2.75) is 42.5 Å². The summed E-state index contributed by atoms with van der Waals surface area (Å²) < 4.78 is 91.0. The lowest BCUT2D eigenvalue weighted by atomic mass is 9.97. The lowest BCUT2D eigenvalue weighted by molar-refractivity contribution is -0.144. The number of sulfonamides is 1. The molecule has 13 heteroatoms. The second kappa shape index (κ2) is 7.37. The highest BCUT2D eigenvalue weighted by Gasteiger charge is 2.50. The van der Waals surface area contributed by atoms with Crippen molar-refractivity contribution < 1.29 is 43.8 Å². The molecule has 0 spiro atoms. The SMILES string of the molecule is C=CC(=O)OC1CCC(S(=O)(=O)N(C)OS(=O)(=O)C(F)(F)F)CC1. The summed E-state index contributed by atoms with van der Waals surface area (Å²) in [5, 5.41) is -1.15. The first kappa shape index (κ1) is 20.9. The molecule has 0 aromatic rings. The molecule has 8 nitrogen and oxygen atoms in total. The molecule has 0 unspecified atom stereocenters. The predicted octanol–water partition coefficient (Wildman–Crippen LogP) is 1.07. The Morgan fingerprint density at radius 1 is 1.17 bits per heavy atom. The van der Waals surface area contributed by atoms with Gasteiger partial charge in [0, 0.05) is 13.1 Å². The van der Waals surface area contributed by atoms with Crippen LogP contribution in [0.2, 0.25) is 0 Å². The Kier molecular flexibility index (Phi) is 6.41. The van der Waals surface area contributed by atoms with Crippen LogP contribution in [-0.2, 0) is 34.0 Å². The number of hydrogen-bond donors (Lipinski definition) is 0. The molecule has 1 aliphatic carbocycles. The molecule has 0 saturated heterocycles. The van der Waals surface area contributed by atoms with Gasteiger partial charge >= 0.3 is 21.6 Å². The number of halogens is 3. The van der Waals surface area contributed by atoms with Gasteiger partial charge in [-0.2, -0.15) is 25.9 Å². The fourth-order valence-electron chi connectivity index (χ4n) is 2.09. The summed E-state index contributed by atoms with van der Waals surface area (Å²) in [4.78, 5) is 11.1. The van der Waals surface area contributed by atoms with Crippen molar-refractivity contribution in [1.82, 2.24) is 4.47 Å². The quantitative estimate of drug-likeness (QED) is 0.287. The first-order valence-electron chi connectivity index (χ1n) is 6.63. The summed E-state index contributed by atoms with van der Waals surface area (Å²) in [6, 6.07) is 0. The lowest BCUT2D eigenvalue weighted by Gasteiger charge is -2.29. The maximum Gasteiger partial charge on any atom is 0.524 e. The number of ether oxygens (including phenoxy) is 1. The third kappa shape index (κ3) is 4.91. The van der Waals surface area contributed by atoms with E-state index in [0.29, 0.717) is 7.05 Å². The second-order valence-electron chi connectivity index (χ2n) is 4.97. The van der Waals surface area contributed by atoms with Gasteiger partial charge in [-0.3, -0.25) is 0 Å². The van der Waals surface area contributed by atoms with E-state index in [2.05, 4.69) is 10.9 Å². The van der Waals surface area contributed by atoms with Gasteiger partial charge in [0.2, 0.25) is 10.0 Å². The zero-order chi connectivity index (χ0) is 18.8. The van der Waals surface area contributed by atoms with Crippen LogP contribution >= 0.6 is 0 Å². The fourth-order valence-corrected chi connectivity index (χ4v) is 4.32. The standard InChI is InChI=1S/C11H16F3NO7S2/c1-3-10(16)21-8-4-6-9(7-5-8)23(17,18)15(2)22-24(19,20)11(12,13)14/h3,8-9H,1,4-7H2,2H3. The van der Waals surface area contributed by atoms with Crippen LogP contribution in [0.25, 0.3) is 0 Å². The van der Waals surface area contributed by atoms with Crippen LogP contribution in [0.15, 0.2) is 12.7 Å². The van der Waals surface area contributed by atoms with Crippen LogP contribution < -0.4 is 0 Å². The van der Waals surface area contributed by atoms with E-state index in [1.807, 2.05) is 0 Å². The molecular formula is C11H16F3NO7S2. The summed E-state index contributed by atoms with van der Waals surface area (Å²) in [7, 11) is -9.95. The van der Waals surface area contributed by atoms with Gasteiger partial charge in [-0.15, -0.1) is 0 Å². The summed E-state index contributed by atoms with van der Waals surface area (Å²) >= 11 is 0. The number of alkyl halides is 3. The van der Waals surface area contributed by atoms with Crippen molar-refractivity contribution in [2.75, 3.05) is 7.05 Å². The number of carbonyl (C=O) groups is 1. The van der Waals surface area contributed by atoms with Gasteiger partial charge in [0.05, 0.1) is 5.25 Å². The van der Waals surface area contributed by atoms with Gasteiger partial charge in [-0.05, 0) is 25.7 Å². The maximum absolute atomic E-state index is 12.2. The van der Waals surface area contributed by atoms with E-state index in [1.165, 1.54) is 0 Å². The predicted molar refractivity (Wildman–Crippen MR) is 75.1 cm³/mol. The van der Waals surface area contributed by atoms with E-state index in [9.17, 15) is 34.8 Å². The van der Waals surface area contributed by atoms with Gasteiger partial charge < -0.3 is 4.74 Å². The first-order chi connectivity index (χ1) is 10.8. The highest BCUT2D eigenvalue weighted by atomic mass is 32.2. The molecule has 0 aromatic carbocycles. The molecule has 0 aromatic heterocycles. The Hall–Kier alpha value is -1.18. The van der Waals surface area contributed by atoms with E-state index < -0.39 is 43.0 Å². The Balaban J connectivity index is 2.73. The molecule has 1 aliphatic rings. The lowest BCUT2D eigenvalue weighted by Crippen LogP contribution is -2.42. The fraction of sp³-hybridized carbons (Fsp3) is 0.727. The highest BCUT2D eigenvalue weighted by Crippen LogP contribution is 2.30. The molecule has 0 N–H and O–H groups in total. The van der Waals surface area contributed by atoms with Crippen LogP contribution in [0.3, 0.4) is 0 Å². The second-order valence-corrected chi connectivity index (χ2v) is 8.70. The molecule has 0 aliphatic heterocycles. The summed E-state index contributed by atoms with van der Waals surface area (Å²) in [5.74, 6) is -0.668.